The van der Waals surface area contributed by atoms with Gasteiger partial charge in [0, 0.05) is 0 Å². The van der Waals surface area contributed by atoms with E-state index in [-0.39, 0.29) is 5.83 Å². The molecular formula is C13H20BFO2. The molecule has 0 saturated carbocycles. The van der Waals surface area contributed by atoms with Crippen LogP contribution in [0.5, 0.6) is 0 Å². The van der Waals surface area contributed by atoms with Crippen molar-refractivity contribution in [3.63, 3.8) is 0 Å². The van der Waals surface area contributed by atoms with Gasteiger partial charge in [-0.05, 0) is 46.2 Å². The van der Waals surface area contributed by atoms with Crippen LogP contribution in [-0.2, 0) is 9.31 Å². The van der Waals surface area contributed by atoms with Crippen LogP contribution in [-0.4, -0.2) is 18.3 Å². The lowest BCUT2D eigenvalue weighted by molar-refractivity contribution is 0.00578. The molecule has 0 aliphatic carbocycles. The number of rotatable bonds is 3. The molecule has 1 saturated heterocycles. The first-order valence-corrected chi connectivity index (χ1v) is 5.74. The van der Waals surface area contributed by atoms with Crippen molar-refractivity contribution in [2.45, 2.75) is 45.8 Å². The first kappa shape index (κ1) is 14.2. The molecule has 4 heteroatoms. The first-order valence-electron chi connectivity index (χ1n) is 5.74. The maximum absolute atomic E-state index is 12.9. The standard InChI is InChI=1S/C13H20BFO2/c1-7-11(15)9-8-10(2)14-16-12(3,4)13(5,6)17-14/h7-9H,2H2,1,3-6H3/b9-8-,11-7+. The van der Waals surface area contributed by atoms with Crippen LogP contribution in [0.1, 0.15) is 34.6 Å². The summed E-state index contributed by atoms with van der Waals surface area (Å²) in [6, 6.07) is 0. The van der Waals surface area contributed by atoms with Crippen LogP contribution in [0, 0.1) is 0 Å². The smallest absolute Gasteiger partial charge is 0.399 e. The minimum Gasteiger partial charge on any atom is -0.399 e. The molecule has 17 heavy (non-hydrogen) atoms. The van der Waals surface area contributed by atoms with Gasteiger partial charge in [-0.3, -0.25) is 0 Å². The van der Waals surface area contributed by atoms with Gasteiger partial charge < -0.3 is 9.31 Å². The fourth-order valence-electron chi connectivity index (χ4n) is 1.36. The Kier molecular flexibility index (Phi) is 4.00. The van der Waals surface area contributed by atoms with Gasteiger partial charge in [0.25, 0.3) is 0 Å². The minimum atomic E-state index is -0.513. The van der Waals surface area contributed by atoms with Gasteiger partial charge in [-0.25, -0.2) is 4.39 Å². The third-order valence-electron chi connectivity index (χ3n) is 3.29. The molecule has 1 rings (SSSR count). The van der Waals surface area contributed by atoms with Gasteiger partial charge in [0.15, 0.2) is 0 Å². The summed E-state index contributed by atoms with van der Waals surface area (Å²) in [6.45, 7) is 13.4. The Balaban J connectivity index is 2.73. The molecule has 0 aromatic carbocycles. The van der Waals surface area contributed by atoms with E-state index in [4.69, 9.17) is 9.31 Å². The van der Waals surface area contributed by atoms with Crippen molar-refractivity contribution in [2.75, 3.05) is 0 Å². The van der Waals surface area contributed by atoms with Crippen LogP contribution in [0.2, 0.25) is 0 Å². The van der Waals surface area contributed by atoms with Gasteiger partial charge in [-0.15, -0.1) is 0 Å². The Morgan fingerprint density at radius 1 is 1.12 bits per heavy atom. The third-order valence-corrected chi connectivity index (χ3v) is 3.29. The fourth-order valence-corrected chi connectivity index (χ4v) is 1.36. The summed E-state index contributed by atoms with van der Waals surface area (Å²) in [7, 11) is -0.513. The molecule has 0 aromatic rings. The second-order valence-electron chi connectivity index (χ2n) is 5.17. The highest BCUT2D eigenvalue weighted by molar-refractivity contribution is 6.55. The van der Waals surface area contributed by atoms with Crippen molar-refractivity contribution in [3.05, 3.63) is 36.1 Å². The molecule has 0 atom stereocenters. The molecule has 1 fully saturated rings. The molecule has 94 valence electrons. The van der Waals surface area contributed by atoms with Crippen molar-refractivity contribution in [1.82, 2.24) is 0 Å². The van der Waals surface area contributed by atoms with E-state index >= 15 is 0 Å². The zero-order chi connectivity index (χ0) is 13.3. The first-order chi connectivity index (χ1) is 7.69. The van der Waals surface area contributed by atoms with Gasteiger partial charge in [-0.2, -0.15) is 0 Å². The molecule has 0 bridgehead atoms. The Morgan fingerprint density at radius 3 is 2.00 bits per heavy atom. The SMILES string of the molecule is C=C(/C=C\C(F)=C/C)B1OC(C)(C)C(C)(C)O1. The topological polar surface area (TPSA) is 18.5 Å². The van der Waals surface area contributed by atoms with Gasteiger partial charge >= 0.3 is 7.12 Å². The molecule has 0 radical (unpaired) electrons. The second-order valence-corrected chi connectivity index (χ2v) is 5.17. The van der Waals surface area contributed by atoms with Crippen LogP contribution >= 0.6 is 0 Å². The Morgan fingerprint density at radius 2 is 1.59 bits per heavy atom. The lowest BCUT2D eigenvalue weighted by Crippen LogP contribution is -2.41. The summed E-state index contributed by atoms with van der Waals surface area (Å²) < 4.78 is 24.5. The van der Waals surface area contributed by atoms with Crippen molar-refractivity contribution < 1.29 is 13.7 Å². The molecule has 2 nitrogen and oxygen atoms in total. The Bertz CT molecular complexity index is 354. The number of allylic oxidation sites excluding steroid dienone is 5. The van der Waals surface area contributed by atoms with Gasteiger partial charge in [0.1, 0.15) is 5.83 Å². The average Bonchev–Trinajstić information content (AvgIpc) is 2.44. The van der Waals surface area contributed by atoms with E-state index in [9.17, 15) is 4.39 Å². The Hall–Kier alpha value is -0.865. The zero-order valence-corrected chi connectivity index (χ0v) is 11.2. The summed E-state index contributed by atoms with van der Waals surface area (Å²) >= 11 is 0. The maximum atomic E-state index is 12.9. The number of halogens is 1. The molecule has 0 unspecified atom stereocenters. The largest absolute Gasteiger partial charge is 0.494 e. The third kappa shape index (κ3) is 3.08. The van der Waals surface area contributed by atoms with E-state index in [1.807, 2.05) is 27.7 Å². The molecular weight excluding hydrogens is 218 g/mol. The lowest BCUT2D eigenvalue weighted by Gasteiger charge is -2.32. The summed E-state index contributed by atoms with van der Waals surface area (Å²) in [4.78, 5) is 0. The molecule has 1 aliphatic heterocycles. The van der Waals surface area contributed by atoms with E-state index < -0.39 is 18.3 Å². The maximum Gasteiger partial charge on any atom is 0.494 e. The number of hydrogen-bond donors (Lipinski definition) is 0. The molecule has 1 heterocycles. The zero-order valence-electron chi connectivity index (χ0n) is 11.2. The number of hydrogen-bond acceptors (Lipinski definition) is 2. The highest BCUT2D eigenvalue weighted by Crippen LogP contribution is 2.38. The molecule has 0 amide bonds. The summed E-state index contributed by atoms with van der Waals surface area (Å²) in [5.41, 5.74) is -0.179. The normalized spacial score (nSPS) is 23.4. The van der Waals surface area contributed by atoms with E-state index in [2.05, 4.69) is 6.58 Å². The summed E-state index contributed by atoms with van der Waals surface area (Å²) in [5.74, 6) is -0.303. The fraction of sp³-hybridized carbons (Fsp3) is 0.538. The molecule has 0 aromatic heterocycles. The van der Waals surface area contributed by atoms with Crippen LogP contribution in [0.15, 0.2) is 36.1 Å². The monoisotopic (exact) mass is 238 g/mol. The van der Waals surface area contributed by atoms with Crippen LogP contribution in [0.3, 0.4) is 0 Å². The van der Waals surface area contributed by atoms with Crippen molar-refractivity contribution in [3.8, 4) is 0 Å². The highest BCUT2D eigenvalue weighted by Gasteiger charge is 2.51. The summed E-state index contributed by atoms with van der Waals surface area (Å²) in [6.07, 6.45) is 4.32. The van der Waals surface area contributed by atoms with Gasteiger partial charge in [-0.1, -0.05) is 18.7 Å². The van der Waals surface area contributed by atoms with Crippen molar-refractivity contribution >= 4 is 7.12 Å². The van der Waals surface area contributed by atoms with E-state index in [1.165, 1.54) is 12.2 Å². The molecule has 1 aliphatic rings. The average molecular weight is 238 g/mol. The van der Waals surface area contributed by atoms with Crippen LogP contribution < -0.4 is 0 Å². The molecule has 0 spiro atoms. The van der Waals surface area contributed by atoms with Crippen molar-refractivity contribution in [2.24, 2.45) is 0 Å². The van der Waals surface area contributed by atoms with Gasteiger partial charge in [0.05, 0.1) is 11.2 Å². The lowest BCUT2D eigenvalue weighted by atomic mass is 9.79. The second kappa shape index (κ2) is 4.79. The highest BCUT2D eigenvalue weighted by atomic mass is 19.1. The molecule has 0 N–H and O–H groups in total. The van der Waals surface area contributed by atoms with Crippen LogP contribution in [0.25, 0.3) is 0 Å². The van der Waals surface area contributed by atoms with E-state index in [0.29, 0.717) is 5.47 Å². The minimum absolute atomic E-state index is 0.303. The van der Waals surface area contributed by atoms with Gasteiger partial charge in [0.2, 0.25) is 0 Å². The van der Waals surface area contributed by atoms with E-state index in [0.717, 1.165) is 0 Å². The predicted octanol–water partition coefficient (Wildman–Crippen LogP) is 3.60. The predicted molar refractivity (Wildman–Crippen MR) is 69.2 cm³/mol. The van der Waals surface area contributed by atoms with E-state index in [1.54, 1.807) is 13.0 Å². The van der Waals surface area contributed by atoms with Crippen molar-refractivity contribution in [1.29, 1.82) is 0 Å². The quantitative estimate of drug-likeness (QED) is 0.552. The van der Waals surface area contributed by atoms with Crippen LogP contribution in [0.4, 0.5) is 4.39 Å². The summed E-state index contributed by atoms with van der Waals surface area (Å²) in [5, 5.41) is 0. The Labute approximate surface area is 103 Å².